The van der Waals surface area contributed by atoms with E-state index >= 15 is 0 Å². The van der Waals surface area contributed by atoms with Gasteiger partial charge in [-0.15, -0.1) is 11.8 Å². The summed E-state index contributed by atoms with van der Waals surface area (Å²) in [6.07, 6.45) is 1.46. The fourth-order valence-corrected chi connectivity index (χ4v) is 2.66. The van der Waals surface area contributed by atoms with E-state index in [1.54, 1.807) is 11.8 Å². The van der Waals surface area contributed by atoms with E-state index in [2.05, 4.69) is 15.0 Å². The number of aromatic nitrogens is 3. The molecule has 0 radical (unpaired) electrons. The molecule has 0 spiro atoms. The van der Waals surface area contributed by atoms with Crippen LogP contribution in [0.5, 0.6) is 0 Å². The highest BCUT2D eigenvalue weighted by molar-refractivity contribution is 7.98. The van der Waals surface area contributed by atoms with Crippen LogP contribution in [-0.2, 0) is 5.75 Å². The summed E-state index contributed by atoms with van der Waals surface area (Å²) < 4.78 is 0. The van der Waals surface area contributed by atoms with Gasteiger partial charge in [0.05, 0.1) is 16.8 Å². The molecule has 0 amide bonds. The monoisotopic (exact) mass is 285 g/mol. The van der Waals surface area contributed by atoms with Crippen molar-refractivity contribution in [2.24, 2.45) is 0 Å². The summed E-state index contributed by atoms with van der Waals surface area (Å²) in [4.78, 5) is 23.7. The van der Waals surface area contributed by atoms with Gasteiger partial charge < -0.3 is 10.1 Å². The molecule has 6 heteroatoms. The average molecular weight is 285 g/mol. The maximum Gasteiger partial charge on any atom is 0.338 e. The molecule has 0 aliphatic heterocycles. The van der Waals surface area contributed by atoms with Crippen molar-refractivity contribution in [3.05, 3.63) is 54.0 Å². The lowest BCUT2D eigenvalue weighted by Gasteiger charge is -1.97. The summed E-state index contributed by atoms with van der Waals surface area (Å²) >= 11 is 1.63. The molecule has 0 fully saturated rings. The molecule has 5 nitrogen and oxygen atoms in total. The first-order chi connectivity index (χ1) is 9.74. The number of carbonyl (C=O) groups is 1. The number of pyridine rings is 1. The number of rotatable bonds is 4. The Balaban J connectivity index is 1.86. The Morgan fingerprint density at radius 1 is 1.25 bits per heavy atom. The minimum Gasteiger partial charge on any atom is -0.478 e. The second-order valence-corrected chi connectivity index (χ2v) is 5.20. The number of hydrogen-bond acceptors (Lipinski definition) is 4. The summed E-state index contributed by atoms with van der Waals surface area (Å²) in [6, 6.07) is 11.4. The van der Waals surface area contributed by atoms with E-state index in [1.807, 2.05) is 30.3 Å². The lowest BCUT2D eigenvalue weighted by molar-refractivity contribution is 0.0698. The first kappa shape index (κ1) is 12.7. The van der Waals surface area contributed by atoms with Crippen molar-refractivity contribution in [1.82, 2.24) is 15.0 Å². The molecule has 2 heterocycles. The van der Waals surface area contributed by atoms with Crippen LogP contribution in [0.2, 0.25) is 0 Å². The SMILES string of the molecule is O=C(O)c1ccnc2nc(CSc3ccccc3)[nH]c12. The topological polar surface area (TPSA) is 78.9 Å². The summed E-state index contributed by atoms with van der Waals surface area (Å²) in [7, 11) is 0. The molecule has 3 aromatic rings. The molecular formula is C14H11N3O2S. The average Bonchev–Trinajstić information content (AvgIpc) is 2.88. The van der Waals surface area contributed by atoms with E-state index in [9.17, 15) is 4.79 Å². The Hall–Kier alpha value is -2.34. The lowest BCUT2D eigenvalue weighted by atomic mass is 10.2. The largest absolute Gasteiger partial charge is 0.478 e. The maximum absolute atomic E-state index is 11.1. The van der Waals surface area contributed by atoms with Crippen LogP contribution in [0.3, 0.4) is 0 Å². The van der Waals surface area contributed by atoms with Crippen molar-refractivity contribution in [2.75, 3.05) is 0 Å². The standard InChI is InChI=1S/C14H11N3O2S/c18-14(19)10-6-7-15-13-12(10)16-11(17-13)8-20-9-4-2-1-3-5-9/h1-7H,8H2,(H,18,19)(H,15,16,17). The second kappa shape index (κ2) is 5.34. The third kappa shape index (κ3) is 2.50. The Morgan fingerprint density at radius 2 is 2.05 bits per heavy atom. The number of H-pyrrole nitrogens is 1. The number of benzene rings is 1. The van der Waals surface area contributed by atoms with Crippen LogP contribution < -0.4 is 0 Å². The predicted octanol–water partition coefficient (Wildman–Crippen LogP) is 2.95. The molecule has 2 aromatic heterocycles. The van der Waals surface area contributed by atoms with E-state index in [1.165, 1.54) is 12.3 Å². The van der Waals surface area contributed by atoms with Gasteiger partial charge in [-0.05, 0) is 18.2 Å². The van der Waals surface area contributed by atoms with Crippen molar-refractivity contribution in [3.8, 4) is 0 Å². The van der Waals surface area contributed by atoms with Crippen LogP contribution in [0.4, 0.5) is 0 Å². The Bertz CT molecular complexity index is 755. The van der Waals surface area contributed by atoms with Gasteiger partial charge in [0, 0.05) is 11.1 Å². The Kier molecular flexibility index (Phi) is 3.39. The molecule has 1 aromatic carbocycles. The highest BCUT2D eigenvalue weighted by atomic mass is 32.2. The zero-order valence-corrected chi connectivity index (χ0v) is 11.2. The predicted molar refractivity (Wildman–Crippen MR) is 76.9 cm³/mol. The number of aromatic amines is 1. The number of hydrogen-bond donors (Lipinski definition) is 2. The number of carboxylic acids is 1. The van der Waals surface area contributed by atoms with Crippen LogP contribution in [0.15, 0.2) is 47.5 Å². The molecule has 0 aliphatic carbocycles. The van der Waals surface area contributed by atoms with E-state index in [0.29, 0.717) is 16.9 Å². The summed E-state index contributed by atoms with van der Waals surface area (Å²) in [6.45, 7) is 0. The fraction of sp³-hybridized carbons (Fsp3) is 0.0714. The molecule has 0 saturated carbocycles. The first-order valence-electron chi connectivity index (χ1n) is 5.99. The fourth-order valence-electron chi connectivity index (χ4n) is 1.87. The molecule has 100 valence electrons. The summed E-state index contributed by atoms with van der Waals surface area (Å²) in [5.41, 5.74) is 1.11. The van der Waals surface area contributed by atoms with Crippen LogP contribution in [0.25, 0.3) is 11.2 Å². The van der Waals surface area contributed by atoms with Gasteiger partial charge in [0.2, 0.25) is 0 Å². The van der Waals surface area contributed by atoms with Crippen LogP contribution in [0, 0.1) is 0 Å². The van der Waals surface area contributed by atoms with Gasteiger partial charge in [-0.2, -0.15) is 0 Å². The van der Waals surface area contributed by atoms with Crippen molar-refractivity contribution < 1.29 is 9.90 Å². The van der Waals surface area contributed by atoms with Gasteiger partial charge >= 0.3 is 5.97 Å². The minimum absolute atomic E-state index is 0.193. The van der Waals surface area contributed by atoms with E-state index in [-0.39, 0.29) is 5.56 Å². The van der Waals surface area contributed by atoms with E-state index in [4.69, 9.17) is 5.11 Å². The van der Waals surface area contributed by atoms with Crippen LogP contribution >= 0.6 is 11.8 Å². The molecule has 20 heavy (non-hydrogen) atoms. The smallest absolute Gasteiger partial charge is 0.338 e. The number of fused-ring (bicyclic) bond motifs is 1. The van der Waals surface area contributed by atoms with Gasteiger partial charge in [0.25, 0.3) is 0 Å². The lowest BCUT2D eigenvalue weighted by Crippen LogP contribution is -1.97. The third-order valence-electron chi connectivity index (χ3n) is 2.79. The second-order valence-electron chi connectivity index (χ2n) is 4.15. The molecule has 0 atom stereocenters. The molecule has 0 unspecified atom stereocenters. The number of nitrogens with zero attached hydrogens (tertiary/aromatic N) is 2. The number of imidazole rings is 1. The maximum atomic E-state index is 11.1. The molecule has 0 saturated heterocycles. The normalized spacial score (nSPS) is 10.8. The molecule has 0 bridgehead atoms. The van der Waals surface area contributed by atoms with Gasteiger partial charge in [0.15, 0.2) is 5.65 Å². The number of carboxylic acid groups (broad SMARTS) is 1. The Morgan fingerprint density at radius 3 is 2.80 bits per heavy atom. The van der Waals surface area contributed by atoms with Crippen molar-refractivity contribution in [3.63, 3.8) is 0 Å². The summed E-state index contributed by atoms with van der Waals surface area (Å²) in [5.74, 6) is 0.373. The van der Waals surface area contributed by atoms with Crippen molar-refractivity contribution in [2.45, 2.75) is 10.6 Å². The minimum atomic E-state index is -0.983. The molecule has 2 N–H and O–H groups in total. The van der Waals surface area contributed by atoms with Gasteiger partial charge in [-0.1, -0.05) is 18.2 Å². The van der Waals surface area contributed by atoms with Crippen LogP contribution in [0.1, 0.15) is 16.2 Å². The van der Waals surface area contributed by atoms with E-state index < -0.39 is 5.97 Å². The molecule has 0 aliphatic rings. The van der Waals surface area contributed by atoms with Crippen LogP contribution in [-0.4, -0.2) is 26.0 Å². The van der Waals surface area contributed by atoms with Gasteiger partial charge in [-0.25, -0.2) is 14.8 Å². The number of thioether (sulfide) groups is 1. The molecule has 3 rings (SSSR count). The number of aromatic carboxylic acids is 1. The van der Waals surface area contributed by atoms with E-state index in [0.717, 1.165) is 10.7 Å². The Labute approximate surface area is 119 Å². The highest BCUT2D eigenvalue weighted by Gasteiger charge is 2.13. The zero-order chi connectivity index (χ0) is 13.9. The highest BCUT2D eigenvalue weighted by Crippen LogP contribution is 2.22. The van der Waals surface area contributed by atoms with Crippen molar-refractivity contribution in [1.29, 1.82) is 0 Å². The quantitative estimate of drug-likeness (QED) is 0.720. The zero-order valence-electron chi connectivity index (χ0n) is 10.4. The van der Waals surface area contributed by atoms with Gasteiger partial charge in [-0.3, -0.25) is 0 Å². The first-order valence-corrected chi connectivity index (χ1v) is 6.97. The van der Waals surface area contributed by atoms with Gasteiger partial charge in [0.1, 0.15) is 5.82 Å². The van der Waals surface area contributed by atoms with Crippen molar-refractivity contribution >= 4 is 28.9 Å². The summed E-state index contributed by atoms with van der Waals surface area (Å²) in [5, 5.41) is 9.12. The third-order valence-corrected chi connectivity index (χ3v) is 3.81. The number of nitrogens with one attached hydrogen (secondary N) is 1. The molecular weight excluding hydrogens is 274 g/mol.